The molecule has 6 heteroatoms. The van der Waals surface area contributed by atoms with E-state index < -0.39 is 10.7 Å². The van der Waals surface area contributed by atoms with Crippen molar-refractivity contribution in [2.75, 3.05) is 0 Å². The summed E-state index contributed by atoms with van der Waals surface area (Å²) in [5.74, 6) is 0.0620. The van der Waals surface area contributed by atoms with E-state index in [4.69, 9.17) is 10.00 Å². The number of hydrogen-bond donors (Lipinski definition) is 0. The van der Waals surface area contributed by atoms with Crippen LogP contribution in [0.25, 0.3) is 0 Å². The Labute approximate surface area is 120 Å². The Morgan fingerprint density at radius 1 is 1.19 bits per heavy atom. The number of hydrogen-bond acceptors (Lipinski definition) is 4. The van der Waals surface area contributed by atoms with Crippen LogP contribution in [0.1, 0.15) is 16.7 Å². The second kappa shape index (κ2) is 5.59. The number of nitro benzene ring substituents is 1. The Balaban J connectivity index is 2.44. The van der Waals surface area contributed by atoms with Crippen molar-refractivity contribution < 1.29 is 14.1 Å². The van der Waals surface area contributed by atoms with Crippen molar-refractivity contribution in [2.24, 2.45) is 0 Å². The molecule has 0 bridgehead atoms. The van der Waals surface area contributed by atoms with E-state index >= 15 is 0 Å². The van der Waals surface area contributed by atoms with Crippen molar-refractivity contribution in [3.63, 3.8) is 0 Å². The van der Waals surface area contributed by atoms with Crippen molar-refractivity contribution in [3.8, 4) is 17.6 Å². The average molecular weight is 286 g/mol. The summed E-state index contributed by atoms with van der Waals surface area (Å²) >= 11 is 0. The fourth-order valence-corrected chi connectivity index (χ4v) is 1.88. The lowest BCUT2D eigenvalue weighted by atomic mass is 10.1. The molecular formula is C15H11FN2O3. The third-order valence-electron chi connectivity index (χ3n) is 2.97. The Hall–Kier alpha value is -2.94. The minimum Gasteiger partial charge on any atom is -0.456 e. The second-order valence-electron chi connectivity index (χ2n) is 4.52. The van der Waals surface area contributed by atoms with Gasteiger partial charge in [-0.15, -0.1) is 0 Å². The standard InChI is InChI=1S/C15H11FN2O3/c1-9-6-15(10(2)5-13(9)18(19)20)21-14-4-3-12(16)7-11(14)8-17/h3-7H,1-2H3. The molecule has 0 heterocycles. The average Bonchev–Trinajstić information content (AvgIpc) is 2.43. The molecule has 0 saturated carbocycles. The zero-order valence-electron chi connectivity index (χ0n) is 11.4. The van der Waals surface area contributed by atoms with E-state index in [1.165, 1.54) is 24.3 Å². The summed E-state index contributed by atoms with van der Waals surface area (Å²) in [6, 6.07) is 8.38. The van der Waals surface area contributed by atoms with Gasteiger partial charge in [-0.25, -0.2) is 4.39 Å². The van der Waals surface area contributed by atoms with Crippen LogP contribution in [-0.4, -0.2) is 4.92 Å². The van der Waals surface area contributed by atoms with E-state index in [1.807, 2.05) is 6.07 Å². The third-order valence-corrected chi connectivity index (χ3v) is 2.97. The van der Waals surface area contributed by atoms with Gasteiger partial charge in [-0.1, -0.05) is 0 Å². The Kier molecular flexibility index (Phi) is 3.85. The van der Waals surface area contributed by atoms with Gasteiger partial charge in [0.15, 0.2) is 0 Å². The van der Waals surface area contributed by atoms with E-state index in [1.54, 1.807) is 13.8 Å². The highest BCUT2D eigenvalue weighted by molar-refractivity contribution is 5.52. The van der Waals surface area contributed by atoms with Crippen LogP contribution in [0, 0.1) is 41.1 Å². The zero-order valence-corrected chi connectivity index (χ0v) is 11.4. The van der Waals surface area contributed by atoms with Gasteiger partial charge < -0.3 is 4.74 Å². The lowest BCUT2D eigenvalue weighted by molar-refractivity contribution is -0.385. The van der Waals surface area contributed by atoms with Crippen LogP contribution < -0.4 is 4.74 Å². The summed E-state index contributed by atoms with van der Waals surface area (Å²) in [5, 5.41) is 19.8. The Morgan fingerprint density at radius 2 is 1.90 bits per heavy atom. The molecule has 0 spiro atoms. The lowest BCUT2D eigenvalue weighted by Crippen LogP contribution is -1.96. The van der Waals surface area contributed by atoms with Crippen LogP contribution in [0.3, 0.4) is 0 Å². The molecule has 0 unspecified atom stereocenters. The summed E-state index contributed by atoms with van der Waals surface area (Å²) in [7, 11) is 0. The van der Waals surface area contributed by atoms with Crippen LogP contribution in [0.4, 0.5) is 10.1 Å². The second-order valence-corrected chi connectivity index (χ2v) is 4.52. The largest absolute Gasteiger partial charge is 0.456 e. The summed E-state index contributed by atoms with van der Waals surface area (Å²) in [5.41, 5.74) is 1.06. The number of nitro groups is 1. The Bertz CT molecular complexity index is 766. The molecule has 0 radical (unpaired) electrons. The number of nitriles is 1. The first kappa shape index (κ1) is 14.5. The predicted octanol–water partition coefficient (Wildman–Crippen LogP) is 4.01. The molecule has 2 aromatic carbocycles. The maximum atomic E-state index is 13.1. The number of aryl methyl sites for hydroxylation is 2. The molecule has 0 atom stereocenters. The predicted molar refractivity (Wildman–Crippen MR) is 73.8 cm³/mol. The molecule has 106 valence electrons. The molecule has 0 fully saturated rings. The lowest BCUT2D eigenvalue weighted by Gasteiger charge is -2.11. The van der Waals surface area contributed by atoms with E-state index in [0.29, 0.717) is 16.9 Å². The number of ether oxygens (including phenoxy) is 1. The quantitative estimate of drug-likeness (QED) is 0.630. The summed E-state index contributed by atoms with van der Waals surface area (Å²) in [6.45, 7) is 3.26. The molecule has 0 aliphatic heterocycles. The molecule has 0 aliphatic carbocycles. The molecule has 2 rings (SSSR count). The van der Waals surface area contributed by atoms with Gasteiger partial charge >= 0.3 is 0 Å². The first-order valence-electron chi connectivity index (χ1n) is 6.05. The molecule has 21 heavy (non-hydrogen) atoms. The highest BCUT2D eigenvalue weighted by atomic mass is 19.1. The summed E-state index contributed by atoms with van der Waals surface area (Å²) in [6.07, 6.45) is 0. The molecule has 0 N–H and O–H groups in total. The highest BCUT2D eigenvalue weighted by Crippen LogP contribution is 2.32. The van der Waals surface area contributed by atoms with Crippen LogP contribution in [0.15, 0.2) is 30.3 Å². The first-order chi connectivity index (χ1) is 9.92. The van der Waals surface area contributed by atoms with Crippen molar-refractivity contribution in [1.82, 2.24) is 0 Å². The summed E-state index contributed by atoms with van der Waals surface area (Å²) in [4.78, 5) is 10.4. The zero-order chi connectivity index (χ0) is 15.6. The van der Waals surface area contributed by atoms with Gasteiger partial charge in [0.1, 0.15) is 23.4 Å². The summed E-state index contributed by atoms with van der Waals surface area (Å²) < 4.78 is 18.7. The number of nitrogens with zero attached hydrogens (tertiary/aromatic N) is 2. The Morgan fingerprint density at radius 3 is 2.52 bits per heavy atom. The third kappa shape index (κ3) is 2.98. The van der Waals surface area contributed by atoms with Crippen molar-refractivity contribution in [1.29, 1.82) is 5.26 Å². The molecular weight excluding hydrogens is 275 g/mol. The molecule has 0 amide bonds. The van der Waals surface area contributed by atoms with Gasteiger partial charge in [0.05, 0.1) is 10.5 Å². The topological polar surface area (TPSA) is 76.2 Å². The van der Waals surface area contributed by atoms with Gasteiger partial charge in [-0.2, -0.15) is 5.26 Å². The van der Waals surface area contributed by atoms with Gasteiger partial charge in [0.25, 0.3) is 5.69 Å². The van der Waals surface area contributed by atoms with Crippen LogP contribution in [0.5, 0.6) is 11.5 Å². The molecule has 0 saturated heterocycles. The van der Waals surface area contributed by atoms with Gasteiger partial charge in [0, 0.05) is 11.6 Å². The maximum Gasteiger partial charge on any atom is 0.272 e. The fourth-order valence-electron chi connectivity index (χ4n) is 1.88. The van der Waals surface area contributed by atoms with Crippen molar-refractivity contribution >= 4 is 5.69 Å². The number of benzene rings is 2. The van der Waals surface area contributed by atoms with Crippen molar-refractivity contribution in [2.45, 2.75) is 13.8 Å². The maximum absolute atomic E-state index is 13.1. The minimum atomic E-state index is -0.532. The first-order valence-corrected chi connectivity index (χ1v) is 6.05. The van der Waals surface area contributed by atoms with Crippen LogP contribution in [-0.2, 0) is 0 Å². The van der Waals surface area contributed by atoms with Gasteiger partial charge in [-0.05, 0) is 43.7 Å². The fraction of sp³-hybridized carbons (Fsp3) is 0.133. The molecule has 5 nitrogen and oxygen atoms in total. The van der Waals surface area contributed by atoms with Crippen molar-refractivity contribution in [3.05, 3.63) is 63.0 Å². The molecule has 0 aliphatic rings. The smallest absolute Gasteiger partial charge is 0.272 e. The molecule has 2 aromatic rings. The van der Waals surface area contributed by atoms with Crippen LogP contribution in [0.2, 0.25) is 0 Å². The monoisotopic (exact) mass is 286 g/mol. The highest BCUT2D eigenvalue weighted by Gasteiger charge is 2.15. The molecule has 0 aromatic heterocycles. The van der Waals surface area contributed by atoms with Gasteiger partial charge in [0.2, 0.25) is 0 Å². The van der Waals surface area contributed by atoms with E-state index in [0.717, 1.165) is 6.07 Å². The van der Waals surface area contributed by atoms with Crippen LogP contribution >= 0.6 is 0 Å². The van der Waals surface area contributed by atoms with E-state index in [9.17, 15) is 14.5 Å². The van der Waals surface area contributed by atoms with E-state index in [2.05, 4.69) is 0 Å². The number of halogens is 1. The number of rotatable bonds is 3. The van der Waals surface area contributed by atoms with E-state index in [-0.39, 0.29) is 17.0 Å². The normalized spacial score (nSPS) is 10.0. The minimum absolute atomic E-state index is 0.000497. The SMILES string of the molecule is Cc1cc([N+](=O)[O-])c(C)cc1Oc1ccc(F)cc1C#N. The van der Waals surface area contributed by atoms with Gasteiger partial charge in [-0.3, -0.25) is 10.1 Å².